The lowest BCUT2D eigenvalue weighted by Gasteiger charge is -2.40. The standard InChI is InChI=1S/C33H45NO7Si/c1-22-17-31(39-7)32(35)23(2)26(22)20-29(41-42(8,9)33(3,4)5)27(34(36)37)18-25-15-16-28(38-6)30(19-25)40-21-24-13-11-10-12-14-24/h10-17,19,27,29,35H,18,20-21H2,1-9H3/t27-,29-/m1/s1. The van der Waals surface area contributed by atoms with E-state index in [0.29, 0.717) is 29.4 Å². The van der Waals surface area contributed by atoms with Crippen LogP contribution < -0.4 is 14.2 Å². The van der Waals surface area contributed by atoms with Gasteiger partial charge in [0, 0.05) is 17.8 Å². The zero-order chi connectivity index (χ0) is 31.2. The molecule has 42 heavy (non-hydrogen) atoms. The van der Waals surface area contributed by atoms with Crippen LogP contribution in [0.3, 0.4) is 0 Å². The smallest absolute Gasteiger partial charge is 0.241 e. The Kier molecular flexibility index (Phi) is 10.7. The van der Waals surface area contributed by atoms with Crippen molar-refractivity contribution in [3.05, 3.63) is 92.5 Å². The number of hydrogen-bond donors (Lipinski definition) is 1. The Morgan fingerprint density at radius 2 is 1.55 bits per heavy atom. The highest BCUT2D eigenvalue weighted by Gasteiger charge is 2.44. The van der Waals surface area contributed by atoms with Crippen molar-refractivity contribution in [1.29, 1.82) is 0 Å². The third-order valence-electron chi connectivity index (χ3n) is 8.35. The minimum atomic E-state index is -2.43. The van der Waals surface area contributed by atoms with Crippen LogP contribution in [0.2, 0.25) is 18.1 Å². The highest BCUT2D eigenvalue weighted by molar-refractivity contribution is 6.74. The summed E-state index contributed by atoms with van der Waals surface area (Å²) in [6.45, 7) is 14.6. The first-order valence-corrected chi connectivity index (χ1v) is 17.1. The highest BCUT2D eigenvalue weighted by Crippen LogP contribution is 2.40. The topological polar surface area (TPSA) is 100 Å². The number of nitro groups is 1. The summed E-state index contributed by atoms with van der Waals surface area (Å²) in [5.74, 6) is 1.50. The first-order valence-electron chi connectivity index (χ1n) is 14.2. The summed E-state index contributed by atoms with van der Waals surface area (Å²) in [5, 5.41) is 23.3. The van der Waals surface area contributed by atoms with Crippen LogP contribution in [-0.2, 0) is 23.9 Å². The van der Waals surface area contributed by atoms with Crippen LogP contribution in [0.15, 0.2) is 54.6 Å². The first-order chi connectivity index (χ1) is 19.7. The second-order valence-corrected chi connectivity index (χ2v) is 17.0. The fourth-order valence-electron chi connectivity index (χ4n) is 4.74. The largest absolute Gasteiger partial charge is 0.504 e. The van der Waals surface area contributed by atoms with Gasteiger partial charge in [0.2, 0.25) is 6.04 Å². The lowest BCUT2D eigenvalue weighted by atomic mass is 9.91. The van der Waals surface area contributed by atoms with E-state index in [1.54, 1.807) is 19.2 Å². The first kappa shape index (κ1) is 32.9. The summed E-state index contributed by atoms with van der Waals surface area (Å²) < 4.78 is 23.7. The maximum Gasteiger partial charge on any atom is 0.241 e. The molecule has 0 saturated carbocycles. The number of aromatic hydroxyl groups is 1. The summed E-state index contributed by atoms with van der Waals surface area (Å²) in [5.41, 5.74) is 4.10. The molecule has 0 spiro atoms. The fourth-order valence-corrected chi connectivity index (χ4v) is 6.09. The zero-order valence-corrected chi connectivity index (χ0v) is 27.3. The molecular formula is C33H45NO7Si. The Labute approximate surface area is 250 Å². The molecule has 0 aromatic heterocycles. The van der Waals surface area contributed by atoms with Gasteiger partial charge in [-0.3, -0.25) is 10.1 Å². The molecule has 9 heteroatoms. The molecule has 0 radical (unpaired) electrons. The summed E-state index contributed by atoms with van der Waals surface area (Å²) in [4.78, 5) is 12.5. The Morgan fingerprint density at radius 3 is 2.12 bits per heavy atom. The van der Waals surface area contributed by atoms with Gasteiger partial charge in [-0.1, -0.05) is 57.2 Å². The number of ether oxygens (including phenoxy) is 3. The molecule has 228 valence electrons. The van der Waals surface area contributed by atoms with Crippen molar-refractivity contribution in [2.45, 2.75) is 84.3 Å². The predicted octanol–water partition coefficient (Wildman–Crippen LogP) is 7.43. The van der Waals surface area contributed by atoms with Crippen molar-refractivity contribution >= 4 is 8.32 Å². The van der Waals surface area contributed by atoms with Crippen LogP contribution >= 0.6 is 0 Å². The number of methoxy groups -OCH3 is 2. The molecule has 0 fully saturated rings. The van der Waals surface area contributed by atoms with E-state index in [-0.39, 0.29) is 28.6 Å². The maximum atomic E-state index is 12.7. The van der Waals surface area contributed by atoms with Gasteiger partial charge in [-0.05, 0) is 78.0 Å². The van der Waals surface area contributed by atoms with E-state index in [2.05, 4.69) is 33.9 Å². The average Bonchev–Trinajstić information content (AvgIpc) is 2.94. The van der Waals surface area contributed by atoms with Crippen molar-refractivity contribution in [2.24, 2.45) is 0 Å². The van der Waals surface area contributed by atoms with Crippen LogP contribution in [0.4, 0.5) is 0 Å². The molecule has 0 aliphatic rings. The SMILES string of the molecule is COc1ccc(C[C@H]([C@@H](Cc2c(C)cc(OC)c(O)c2C)O[Si](C)(C)C(C)(C)C)[N+](=O)[O-])cc1OCc1ccccc1. The second kappa shape index (κ2) is 13.6. The van der Waals surface area contributed by atoms with Crippen LogP contribution in [0.25, 0.3) is 0 Å². The Balaban J connectivity index is 2.01. The molecule has 0 aliphatic carbocycles. The van der Waals surface area contributed by atoms with E-state index < -0.39 is 20.5 Å². The molecule has 0 amide bonds. The van der Waals surface area contributed by atoms with Gasteiger partial charge >= 0.3 is 0 Å². The molecule has 3 aromatic rings. The van der Waals surface area contributed by atoms with Crippen molar-refractivity contribution in [2.75, 3.05) is 14.2 Å². The van der Waals surface area contributed by atoms with Gasteiger partial charge in [0.25, 0.3) is 0 Å². The number of phenolic OH excluding ortho intramolecular Hbond substituents is 1. The van der Waals surface area contributed by atoms with Gasteiger partial charge in [0.1, 0.15) is 12.7 Å². The van der Waals surface area contributed by atoms with E-state index in [9.17, 15) is 15.2 Å². The van der Waals surface area contributed by atoms with Gasteiger partial charge < -0.3 is 23.7 Å². The fraction of sp³-hybridized carbons (Fsp3) is 0.455. The van der Waals surface area contributed by atoms with Crippen molar-refractivity contribution in [3.8, 4) is 23.0 Å². The van der Waals surface area contributed by atoms with Crippen LogP contribution in [0.5, 0.6) is 23.0 Å². The van der Waals surface area contributed by atoms with Crippen LogP contribution in [0, 0.1) is 24.0 Å². The summed E-state index contributed by atoms with van der Waals surface area (Å²) in [6.07, 6.45) is -0.319. The van der Waals surface area contributed by atoms with Crippen molar-refractivity contribution < 1.29 is 28.7 Å². The van der Waals surface area contributed by atoms with Gasteiger partial charge in [-0.15, -0.1) is 0 Å². The summed E-state index contributed by atoms with van der Waals surface area (Å²) >= 11 is 0. The molecule has 1 N–H and O–H groups in total. The molecular weight excluding hydrogens is 550 g/mol. The number of phenols is 1. The van der Waals surface area contributed by atoms with Gasteiger partial charge in [-0.25, -0.2) is 0 Å². The van der Waals surface area contributed by atoms with Crippen molar-refractivity contribution in [3.63, 3.8) is 0 Å². The molecule has 0 heterocycles. The Hall–Kier alpha value is -3.56. The molecule has 8 nitrogen and oxygen atoms in total. The van der Waals surface area contributed by atoms with Crippen LogP contribution in [0.1, 0.15) is 48.6 Å². The lowest BCUT2D eigenvalue weighted by molar-refractivity contribution is -0.532. The third kappa shape index (κ3) is 7.83. The van der Waals surface area contributed by atoms with Gasteiger partial charge in [-0.2, -0.15) is 0 Å². The van der Waals surface area contributed by atoms with Crippen LogP contribution in [-0.4, -0.2) is 44.7 Å². The van der Waals surface area contributed by atoms with Gasteiger partial charge in [0.05, 0.1) is 14.2 Å². The number of nitrogens with zero attached hydrogens (tertiary/aromatic N) is 1. The third-order valence-corrected chi connectivity index (χ3v) is 12.9. The minimum Gasteiger partial charge on any atom is -0.504 e. The van der Waals surface area contributed by atoms with E-state index in [1.165, 1.54) is 7.11 Å². The predicted molar refractivity (Wildman–Crippen MR) is 168 cm³/mol. The molecule has 0 saturated heterocycles. The zero-order valence-electron chi connectivity index (χ0n) is 26.3. The quantitative estimate of drug-likeness (QED) is 0.125. The molecule has 2 atom stereocenters. The number of hydrogen-bond acceptors (Lipinski definition) is 7. The Bertz CT molecular complexity index is 1370. The van der Waals surface area contributed by atoms with E-state index >= 15 is 0 Å². The number of rotatable bonds is 13. The number of aryl methyl sites for hydroxylation is 1. The van der Waals surface area contributed by atoms with E-state index in [4.69, 9.17) is 18.6 Å². The molecule has 0 bridgehead atoms. The normalized spacial score (nSPS) is 13.4. The monoisotopic (exact) mass is 595 g/mol. The van der Waals surface area contributed by atoms with E-state index in [0.717, 1.165) is 22.3 Å². The van der Waals surface area contributed by atoms with Crippen molar-refractivity contribution in [1.82, 2.24) is 0 Å². The minimum absolute atomic E-state index is 0.0391. The molecule has 3 rings (SSSR count). The van der Waals surface area contributed by atoms with Gasteiger partial charge in [0.15, 0.2) is 31.3 Å². The average molecular weight is 596 g/mol. The maximum absolute atomic E-state index is 12.7. The second-order valence-electron chi connectivity index (χ2n) is 12.3. The number of benzene rings is 3. The molecule has 0 aliphatic heterocycles. The molecule has 0 unspecified atom stereocenters. The highest BCUT2D eigenvalue weighted by atomic mass is 28.4. The molecule has 3 aromatic carbocycles. The summed E-state index contributed by atoms with van der Waals surface area (Å²) in [6, 6.07) is 15.9. The van der Waals surface area contributed by atoms with E-state index in [1.807, 2.05) is 56.3 Å². The summed E-state index contributed by atoms with van der Waals surface area (Å²) in [7, 11) is 0.652. The lowest BCUT2D eigenvalue weighted by Crippen LogP contribution is -2.50. The Morgan fingerprint density at radius 1 is 0.905 bits per heavy atom.